The van der Waals surface area contributed by atoms with E-state index >= 15 is 0 Å². The number of benzene rings is 1. The van der Waals surface area contributed by atoms with Gasteiger partial charge in [-0.1, -0.05) is 18.2 Å². The quantitative estimate of drug-likeness (QED) is 0.574. The minimum Gasteiger partial charge on any atom is -0.253 e. The average Bonchev–Trinajstić information content (AvgIpc) is 2.04. The summed E-state index contributed by atoms with van der Waals surface area (Å²) in [5.74, 6) is 0.611. The van der Waals surface area contributed by atoms with Crippen molar-refractivity contribution in [2.75, 3.05) is 0 Å². The van der Waals surface area contributed by atoms with Crippen LogP contribution in [0.15, 0.2) is 29.3 Å². The van der Waals surface area contributed by atoms with Gasteiger partial charge in [-0.25, -0.2) is 4.99 Å². The lowest BCUT2D eigenvalue weighted by molar-refractivity contribution is 0.689. The molecule has 1 aliphatic rings. The molecule has 1 aromatic rings. The third-order valence-corrected chi connectivity index (χ3v) is 2.53. The maximum atomic E-state index is 11.0. The smallest absolute Gasteiger partial charge is 0.0919 e. The van der Waals surface area contributed by atoms with Crippen LogP contribution < -0.4 is 0 Å². The van der Waals surface area contributed by atoms with E-state index in [1.165, 1.54) is 5.55 Å². The van der Waals surface area contributed by atoms with Crippen molar-refractivity contribution >= 4 is 22.0 Å². The summed E-state index contributed by atoms with van der Waals surface area (Å²) < 4.78 is 11.0. The molecule has 0 fully saturated rings. The molecule has 56 valence electrons. The topological polar surface area (TPSA) is 29.4 Å². The highest BCUT2D eigenvalue weighted by Crippen LogP contribution is 2.22. The van der Waals surface area contributed by atoms with Crippen LogP contribution in [-0.4, -0.2) is 9.76 Å². The molecular weight excluding hydrogens is 158 g/mol. The van der Waals surface area contributed by atoms with E-state index in [0.29, 0.717) is 5.75 Å². The lowest BCUT2D eigenvalue weighted by Crippen LogP contribution is -2.00. The van der Waals surface area contributed by atoms with Crippen LogP contribution >= 0.6 is 0 Å². The fraction of sp³-hybridized carbons (Fsp3) is 0.125. The predicted molar refractivity (Wildman–Crippen MR) is 46.4 cm³/mol. The second-order valence-corrected chi connectivity index (χ2v) is 3.65. The van der Waals surface area contributed by atoms with E-state index in [2.05, 4.69) is 4.99 Å². The highest BCUT2D eigenvalue weighted by atomic mass is 32.2. The van der Waals surface area contributed by atoms with Gasteiger partial charge < -0.3 is 0 Å². The Hall–Kier alpha value is -0.960. The van der Waals surface area contributed by atoms with E-state index < -0.39 is 10.8 Å². The maximum absolute atomic E-state index is 11.0. The van der Waals surface area contributed by atoms with Gasteiger partial charge in [-0.15, -0.1) is 0 Å². The first-order valence-corrected chi connectivity index (χ1v) is 4.74. The molecule has 1 atom stereocenters. The van der Waals surface area contributed by atoms with Crippen molar-refractivity contribution in [3.63, 3.8) is 0 Å². The lowest BCUT2D eigenvalue weighted by atomic mass is 10.2. The van der Waals surface area contributed by atoms with Crippen LogP contribution in [0.2, 0.25) is 0 Å². The normalized spacial score (nSPS) is 21.3. The molecule has 0 N–H and O–H groups in total. The maximum Gasteiger partial charge on any atom is 0.0919 e. The summed E-state index contributed by atoms with van der Waals surface area (Å²) in [4.78, 5) is 4.05. The fourth-order valence-corrected chi connectivity index (χ4v) is 1.92. The summed E-state index contributed by atoms with van der Waals surface area (Å²) >= 11 is 0. The SMILES string of the molecule is O=S1C=Nc2ccccc2C1. The number of para-hydroxylation sites is 1. The number of hydrogen-bond acceptors (Lipinski definition) is 2. The number of fused-ring (bicyclic) bond motifs is 1. The van der Waals surface area contributed by atoms with Crippen molar-refractivity contribution in [1.82, 2.24) is 0 Å². The summed E-state index contributed by atoms with van der Waals surface area (Å²) in [6, 6.07) is 7.77. The molecule has 0 aromatic heterocycles. The standard InChI is InChI=1S/C8H7NOS/c10-11-5-7-3-1-2-4-8(7)9-6-11/h1-4,6H,5H2. The van der Waals surface area contributed by atoms with E-state index in [4.69, 9.17) is 0 Å². The van der Waals surface area contributed by atoms with Gasteiger partial charge in [-0.3, -0.25) is 4.21 Å². The summed E-state index contributed by atoms with van der Waals surface area (Å²) in [5, 5.41) is 0. The molecule has 0 saturated carbocycles. The second-order valence-electron chi connectivity index (χ2n) is 2.39. The fourth-order valence-electron chi connectivity index (χ4n) is 1.06. The van der Waals surface area contributed by atoms with Crippen LogP contribution in [0.1, 0.15) is 5.56 Å². The molecule has 0 spiro atoms. The minimum absolute atomic E-state index is 0.611. The number of aliphatic imine (C=N–C) groups is 1. The molecule has 1 heterocycles. The van der Waals surface area contributed by atoms with Crippen LogP contribution in [0.4, 0.5) is 5.69 Å². The monoisotopic (exact) mass is 165 g/mol. The van der Waals surface area contributed by atoms with Gasteiger partial charge >= 0.3 is 0 Å². The van der Waals surface area contributed by atoms with Gasteiger partial charge in [0.1, 0.15) is 0 Å². The van der Waals surface area contributed by atoms with E-state index in [0.717, 1.165) is 11.3 Å². The summed E-state index contributed by atoms with van der Waals surface area (Å²) in [7, 11) is -0.893. The molecule has 1 aliphatic heterocycles. The van der Waals surface area contributed by atoms with Gasteiger partial charge in [0, 0.05) is 0 Å². The molecule has 0 bridgehead atoms. The second kappa shape index (κ2) is 2.58. The molecule has 2 rings (SSSR count). The molecule has 1 unspecified atom stereocenters. The van der Waals surface area contributed by atoms with Crippen LogP contribution in [0.3, 0.4) is 0 Å². The summed E-state index contributed by atoms with van der Waals surface area (Å²) in [6.45, 7) is 0. The average molecular weight is 165 g/mol. The van der Waals surface area contributed by atoms with Crippen LogP contribution in [-0.2, 0) is 16.6 Å². The van der Waals surface area contributed by atoms with Crippen LogP contribution in [0.5, 0.6) is 0 Å². The molecule has 1 aromatic carbocycles. The van der Waals surface area contributed by atoms with Gasteiger partial charge in [0.2, 0.25) is 0 Å². The highest BCUT2D eigenvalue weighted by molar-refractivity contribution is 7.97. The summed E-state index contributed by atoms with van der Waals surface area (Å²) in [6.07, 6.45) is 0. The van der Waals surface area contributed by atoms with Crippen molar-refractivity contribution in [1.29, 1.82) is 0 Å². The predicted octanol–water partition coefficient (Wildman–Crippen LogP) is 1.61. The molecular formula is C8H7NOS. The Morgan fingerprint density at radius 1 is 1.36 bits per heavy atom. The van der Waals surface area contributed by atoms with Crippen molar-refractivity contribution in [2.24, 2.45) is 4.99 Å². The zero-order chi connectivity index (χ0) is 7.68. The van der Waals surface area contributed by atoms with Gasteiger partial charge in [0.15, 0.2) is 0 Å². The van der Waals surface area contributed by atoms with Crippen LogP contribution in [0.25, 0.3) is 0 Å². The third-order valence-electron chi connectivity index (χ3n) is 1.60. The Bertz CT molecular complexity index is 333. The Morgan fingerprint density at radius 3 is 3.09 bits per heavy atom. The minimum atomic E-state index is -0.893. The molecule has 3 heteroatoms. The van der Waals surface area contributed by atoms with Crippen molar-refractivity contribution in [3.8, 4) is 0 Å². The van der Waals surface area contributed by atoms with Crippen molar-refractivity contribution < 1.29 is 4.21 Å². The zero-order valence-corrected chi connectivity index (χ0v) is 6.67. The molecule has 2 nitrogen and oxygen atoms in total. The van der Waals surface area contributed by atoms with Crippen LogP contribution in [0, 0.1) is 0 Å². The largest absolute Gasteiger partial charge is 0.253 e. The van der Waals surface area contributed by atoms with Gasteiger partial charge in [-0.2, -0.15) is 0 Å². The van der Waals surface area contributed by atoms with Crippen molar-refractivity contribution in [3.05, 3.63) is 29.8 Å². The van der Waals surface area contributed by atoms with Gasteiger partial charge in [0.25, 0.3) is 0 Å². The van der Waals surface area contributed by atoms with Gasteiger partial charge in [-0.05, 0) is 11.6 Å². The summed E-state index contributed by atoms with van der Waals surface area (Å²) in [5.41, 5.74) is 3.53. The van der Waals surface area contributed by atoms with E-state index in [1.54, 1.807) is 0 Å². The van der Waals surface area contributed by atoms with E-state index in [1.807, 2.05) is 24.3 Å². The molecule has 0 aliphatic carbocycles. The zero-order valence-electron chi connectivity index (χ0n) is 5.86. The first-order valence-electron chi connectivity index (χ1n) is 3.35. The Labute approximate surface area is 67.4 Å². The third kappa shape index (κ3) is 1.24. The Morgan fingerprint density at radius 2 is 2.18 bits per heavy atom. The number of hydrogen-bond donors (Lipinski definition) is 0. The Kier molecular flexibility index (Phi) is 1.58. The first-order chi connectivity index (χ1) is 5.36. The number of nitrogens with zero attached hydrogens (tertiary/aromatic N) is 1. The first kappa shape index (κ1) is 6.73. The molecule has 0 radical (unpaired) electrons. The Balaban J connectivity index is 2.54. The highest BCUT2D eigenvalue weighted by Gasteiger charge is 2.08. The molecule has 11 heavy (non-hydrogen) atoms. The van der Waals surface area contributed by atoms with Gasteiger partial charge in [0.05, 0.1) is 27.8 Å². The van der Waals surface area contributed by atoms with Crippen molar-refractivity contribution in [2.45, 2.75) is 5.75 Å². The van der Waals surface area contributed by atoms with E-state index in [-0.39, 0.29) is 0 Å². The number of rotatable bonds is 0. The lowest BCUT2D eigenvalue weighted by Gasteiger charge is -2.06. The van der Waals surface area contributed by atoms with E-state index in [9.17, 15) is 4.21 Å². The molecule has 0 saturated heterocycles. The molecule has 0 amide bonds.